The number of ether oxygens (including phenoxy) is 2. The zero-order chi connectivity index (χ0) is 25.1. The fourth-order valence-electron chi connectivity index (χ4n) is 4.21. The first-order valence-electron chi connectivity index (χ1n) is 11.3. The van der Waals surface area contributed by atoms with Crippen LogP contribution in [0.15, 0.2) is 18.3 Å². The molecule has 2 aliphatic rings. The van der Waals surface area contributed by atoms with E-state index in [0.717, 1.165) is 17.0 Å². The first-order valence-corrected chi connectivity index (χ1v) is 11.3. The number of benzene rings is 1. The lowest BCUT2D eigenvalue weighted by Crippen LogP contribution is -2.36. The lowest BCUT2D eigenvalue weighted by molar-refractivity contribution is -0.119. The molecule has 2 fully saturated rings. The predicted octanol–water partition coefficient (Wildman–Crippen LogP) is 2.04. The van der Waals surface area contributed by atoms with Gasteiger partial charge in [-0.25, -0.2) is 23.1 Å². The number of esters is 1. The normalized spacial score (nSPS) is 18.5. The van der Waals surface area contributed by atoms with Gasteiger partial charge >= 0.3 is 12.1 Å². The molecule has 4 rings (SSSR count). The van der Waals surface area contributed by atoms with E-state index < -0.39 is 29.8 Å². The molecule has 0 aliphatic carbocycles. The number of rotatable bonds is 7. The summed E-state index contributed by atoms with van der Waals surface area (Å²) < 4.78 is 41.7. The molecule has 1 N–H and O–H groups in total. The van der Waals surface area contributed by atoms with Crippen LogP contribution in [-0.4, -0.2) is 71.9 Å². The quantitative estimate of drug-likeness (QED) is 0.584. The van der Waals surface area contributed by atoms with E-state index in [2.05, 4.69) is 15.6 Å². The largest absolute Gasteiger partial charge is 0.461 e. The van der Waals surface area contributed by atoms with Crippen molar-refractivity contribution in [1.29, 1.82) is 0 Å². The van der Waals surface area contributed by atoms with Crippen molar-refractivity contribution < 1.29 is 32.6 Å². The highest BCUT2D eigenvalue weighted by Gasteiger charge is 2.34. The third-order valence-electron chi connectivity index (χ3n) is 5.92. The minimum Gasteiger partial charge on any atom is -0.461 e. The molecule has 188 valence electrons. The van der Waals surface area contributed by atoms with Gasteiger partial charge in [0.2, 0.25) is 5.91 Å². The molecule has 1 aromatic heterocycles. The van der Waals surface area contributed by atoms with Crippen LogP contribution in [-0.2, 0) is 14.3 Å². The molecule has 0 saturated carbocycles. The van der Waals surface area contributed by atoms with Crippen molar-refractivity contribution in [2.45, 2.75) is 38.8 Å². The Labute approximate surface area is 199 Å². The lowest BCUT2D eigenvalue weighted by atomic mass is 10.0. The molecule has 11 nitrogen and oxygen atoms in total. The van der Waals surface area contributed by atoms with E-state index in [4.69, 9.17) is 9.47 Å². The van der Waals surface area contributed by atoms with Crippen molar-refractivity contribution in [2.24, 2.45) is 0 Å². The Bertz CT molecular complexity index is 1090. The zero-order valence-corrected chi connectivity index (χ0v) is 19.4. The first-order chi connectivity index (χ1) is 16.8. The molecule has 0 radical (unpaired) electrons. The van der Waals surface area contributed by atoms with E-state index in [-0.39, 0.29) is 48.7 Å². The number of nitrogens with zero attached hydrogens (tertiary/aromatic N) is 5. The molecule has 2 saturated heterocycles. The van der Waals surface area contributed by atoms with Gasteiger partial charge in [-0.1, -0.05) is 5.21 Å². The van der Waals surface area contributed by atoms with Gasteiger partial charge in [-0.05, 0) is 19.8 Å². The van der Waals surface area contributed by atoms with E-state index in [9.17, 15) is 14.4 Å². The van der Waals surface area contributed by atoms with E-state index in [0.29, 0.717) is 25.9 Å². The monoisotopic (exact) mass is 492 g/mol. The number of carbonyl (C=O) groups excluding carboxylic acids is 3. The lowest BCUT2D eigenvalue weighted by Gasteiger charge is -2.34. The van der Waals surface area contributed by atoms with Crippen molar-refractivity contribution in [2.75, 3.05) is 42.6 Å². The topological polar surface area (TPSA) is 119 Å². The summed E-state index contributed by atoms with van der Waals surface area (Å²) in [5.41, 5.74) is -0.00912. The Morgan fingerprint density at radius 2 is 1.91 bits per heavy atom. The van der Waals surface area contributed by atoms with Gasteiger partial charge in [0, 0.05) is 32.1 Å². The summed E-state index contributed by atoms with van der Waals surface area (Å²) in [7, 11) is 0. The average Bonchev–Trinajstić information content (AvgIpc) is 3.45. The molecule has 13 heteroatoms. The molecule has 1 aromatic carbocycles. The second kappa shape index (κ2) is 10.2. The van der Waals surface area contributed by atoms with Crippen LogP contribution in [0.5, 0.6) is 0 Å². The molecule has 2 amide bonds. The number of anilines is 2. The Morgan fingerprint density at radius 3 is 2.54 bits per heavy atom. The second-order valence-corrected chi connectivity index (χ2v) is 8.33. The van der Waals surface area contributed by atoms with Gasteiger partial charge in [0.15, 0.2) is 17.3 Å². The van der Waals surface area contributed by atoms with Gasteiger partial charge in [-0.3, -0.25) is 9.69 Å². The van der Waals surface area contributed by atoms with Crippen LogP contribution in [0.4, 0.5) is 25.0 Å². The van der Waals surface area contributed by atoms with Gasteiger partial charge in [0.1, 0.15) is 11.8 Å². The number of carbonyl (C=O) groups is 3. The van der Waals surface area contributed by atoms with E-state index in [1.807, 2.05) is 0 Å². The Hall–Kier alpha value is -3.77. The molecule has 35 heavy (non-hydrogen) atoms. The zero-order valence-electron chi connectivity index (χ0n) is 19.4. The molecule has 2 aliphatic heterocycles. The Kier molecular flexibility index (Phi) is 7.12. The molecule has 1 atom stereocenters. The van der Waals surface area contributed by atoms with Crippen LogP contribution in [0.2, 0.25) is 0 Å². The van der Waals surface area contributed by atoms with Crippen molar-refractivity contribution in [3.05, 3.63) is 35.7 Å². The minimum atomic E-state index is -0.790. The number of piperidine rings is 1. The second-order valence-electron chi connectivity index (χ2n) is 8.33. The van der Waals surface area contributed by atoms with Gasteiger partial charge in [0.25, 0.3) is 0 Å². The number of nitrogens with one attached hydrogen (secondary N) is 1. The smallest absolute Gasteiger partial charge is 0.414 e. The van der Waals surface area contributed by atoms with Crippen molar-refractivity contribution in [3.63, 3.8) is 0 Å². The summed E-state index contributed by atoms with van der Waals surface area (Å²) in [6, 6.07) is 2.14. The van der Waals surface area contributed by atoms with Gasteiger partial charge in [-0.15, -0.1) is 5.10 Å². The summed E-state index contributed by atoms with van der Waals surface area (Å²) in [4.78, 5) is 37.8. The van der Waals surface area contributed by atoms with E-state index in [1.165, 1.54) is 13.1 Å². The summed E-state index contributed by atoms with van der Waals surface area (Å²) >= 11 is 0. The fraction of sp³-hybridized carbons (Fsp3) is 0.500. The molecule has 0 bridgehead atoms. The molecule has 2 aromatic rings. The number of hydrogen-bond donors (Lipinski definition) is 1. The summed E-state index contributed by atoms with van der Waals surface area (Å²) in [5, 5.41) is 10.4. The SMILES string of the molecule is CCOC(=O)c1cn(C2CCN(c3c(F)cc(N4CC(CNC(C)=O)OC4=O)cc3F)CC2)nn1. The van der Waals surface area contributed by atoms with E-state index in [1.54, 1.807) is 16.5 Å². The third kappa shape index (κ3) is 5.33. The van der Waals surface area contributed by atoms with Crippen LogP contribution in [0.3, 0.4) is 0 Å². The Morgan fingerprint density at radius 1 is 1.23 bits per heavy atom. The average molecular weight is 492 g/mol. The number of aromatic nitrogens is 3. The van der Waals surface area contributed by atoms with Gasteiger partial charge in [-0.2, -0.15) is 0 Å². The molecule has 1 unspecified atom stereocenters. The minimum absolute atomic E-state index is 0.0445. The number of hydrogen-bond acceptors (Lipinski definition) is 8. The highest BCUT2D eigenvalue weighted by molar-refractivity contribution is 5.90. The van der Waals surface area contributed by atoms with Gasteiger partial charge in [0.05, 0.1) is 37.6 Å². The highest BCUT2D eigenvalue weighted by atomic mass is 19.1. The van der Waals surface area contributed by atoms with Crippen LogP contribution in [0.1, 0.15) is 43.2 Å². The van der Waals surface area contributed by atoms with Gasteiger partial charge < -0.3 is 19.7 Å². The van der Waals surface area contributed by atoms with Crippen molar-refractivity contribution in [1.82, 2.24) is 20.3 Å². The summed E-state index contributed by atoms with van der Waals surface area (Å²) in [5.74, 6) is -2.40. The molecular weight excluding hydrogens is 466 g/mol. The van der Waals surface area contributed by atoms with Crippen molar-refractivity contribution in [3.8, 4) is 0 Å². The standard InChI is InChI=1S/C22H26F2N6O5/c1-3-34-21(32)19-12-30(27-26-19)14-4-6-28(7-5-14)20-17(23)8-15(9-18(20)24)29-11-16(35-22(29)33)10-25-13(2)31/h8-9,12,14,16H,3-7,10-11H2,1-2H3,(H,25,31). The molecule has 3 heterocycles. The molecular formula is C22H26F2N6O5. The predicted molar refractivity (Wildman–Crippen MR) is 119 cm³/mol. The highest BCUT2D eigenvalue weighted by Crippen LogP contribution is 2.34. The van der Waals surface area contributed by atoms with Crippen LogP contribution in [0.25, 0.3) is 0 Å². The number of amides is 2. The summed E-state index contributed by atoms with van der Waals surface area (Å²) in [6.07, 6.45) is 1.24. The van der Waals surface area contributed by atoms with Crippen LogP contribution in [0, 0.1) is 11.6 Å². The van der Waals surface area contributed by atoms with Crippen LogP contribution < -0.4 is 15.1 Å². The van der Waals surface area contributed by atoms with E-state index >= 15 is 8.78 Å². The summed E-state index contributed by atoms with van der Waals surface area (Å²) in [6.45, 7) is 4.17. The van der Waals surface area contributed by atoms with Crippen molar-refractivity contribution >= 4 is 29.3 Å². The third-order valence-corrected chi connectivity index (χ3v) is 5.92. The maximum Gasteiger partial charge on any atom is 0.414 e. The number of halogens is 2. The number of cyclic esters (lactones) is 1. The maximum atomic E-state index is 15.0. The Balaban J connectivity index is 1.40. The maximum absolute atomic E-state index is 15.0. The van der Waals surface area contributed by atoms with Crippen LogP contribution >= 0.6 is 0 Å². The first kappa shape index (κ1) is 24.4. The molecule has 0 spiro atoms. The fourth-order valence-corrected chi connectivity index (χ4v) is 4.21.